The van der Waals surface area contributed by atoms with E-state index in [4.69, 9.17) is 5.11 Å². The Bertz CT molecular complexity index is 199. The van der Waals surface area contributed by atoms with Gasteiger partial charge in [-0.1, -0.05) is 5.57 Å². The van der Waals surface area contributed by atoms with Crippen LogP contribution in [-0.4, -0.2) is 29.0 Å². The summed E-state index contributed by atoms with van der Waals surface area (Å²) in [4.78, 5) is 0.898. The minimum atomic E-state index is -4.25. The van der Waals surface area contributed by atoms with Gasteiger partial charge in [0.2, 0.25) is 0 Å². The first-order chi connectivity index (χ1) is 5.38. The molecule has 0 bridgehead atoms. The third-order valence-corrected chi connectivity index (χ3v) is 1.64. The average Bonchev–Trinajstić information content (AvgIpc) is 2.06. The Hall–Kier alpha value is -0.710. The van der Waals surface area contributed by atoms with E-state index in [0.717, 1.165) is 10.5 Å². The Labute approximate surface area is 68.3 Å². The molecule has 12 heavy (non-hydrogen) atoms. The van der Waals surface area contributed by atoms with Crippen molar-refractivity contribution in [2.75, 3.05) is 6.54 Å². The van der Waals surface area contributed by atoms with E-state index in [1.165, 1.54) is 6.20 Å². The summed E-state index contributed by atoms with van der Waals surface area (Å²) in [5, 5.41) is 9.10. The van der Waals surface area contributed by atoms with E-state index in [2.05, 4.69) is 0 Å². The van der Waals surface area contributed by atoms with Crippen LogP contribution in [0.25, 0.3) is 0 Å². The van der Waals surface area contributed by atoms with E-state index in [1.807, 2.05) is 0 Å². The number of nitrogens with zero attached hydrogens (tertiary/aromatic N) is 1. The number of hydrogen-bond donors (Lipinski definition) is 1. The average molecular weight is 181 g/mol. The minimum absolute atomic E-state index is 0.302. The highest BCUT2D eigenvalue weighted by Gasteiger charge is 2.34. The Morgan fingerprint density at radius 2 is 2.25 bits per heavy atom. The predicted molar refractivity (Wildman–Crippen MR) is 37.1 cm³/mol. The van der Waals surface area contributed by atoms with Crippen molar-refractivity contribution in [3.05, 3.63) is 11.8 Å². The van der Waals surface area contributed by atoms with Crippen LogP contribution in [0.1, 0.15) is 13.3 Å². The van der Waals surface area contributed by atoms with Crippen molar-refractivity contribution in [1.82, 2.24) is 4.90 Å². The lowest BCUT2D eigenvalue weighted by molar-refractivity contribution is -0.154. The molecule has 1 rings (SSSR count). The summed E-state index contributed by atoms with van der Waals surface area (Å²) in [6.45, 7) is 0.616. The maximum absolute atomic E-state index is 11.8. The Morgan fingerprint density at radius 1 is 1.67 bits per heavy atom. The van der Waals surface area contributed by atoms with Gasteiger partial charge in [-0.15, -0.1) is 0 Å². The second kappa shape index (κ2) is 2.97. The first kappa shape index (κ1) is 9.38. The molecule has 0 saturated carbocycles. The topological polar surface area (TPSA) is 23.5 Å². The molecule has 1 heterocycles. The SMILES string of the molecule is CC1=CN(CC(F)(F)F)C(O)C1. The molecule has 2 nitrogen and oxygen atoms in total. The number of rotatable bonds is 1. The summed E-state index contributed by atoms with van der Waals surface area (Å²) in [5.41, 5.74) is 0.770. The summed E-state index contributed by atoms with van der Waals surface area (Å²) in [6.07, 6.45) is -3.61. The van der Waals surface area contributed by atoms with Crippen LogP contribution in [0.5, 0.6) is 0 Å². The highest BCUT2D eigenvalue weighted by atomic mass is 19.4. The first-order valence-electron chi connectivity index (χ1n) is 3.56. The van der Waals surface area contributed by atoms with Crippen LogP contribution in [0.4, 0.5) is 13.2 Å². The Morgan fingerprint density at radius 3 is 2.58 bits per heavy atom. The van der Waals surface area contributed by atoms with E-state index < -0.39 is 18.9 Å². The standard InChI is InChI=1S/C7H10F3NO/c1-5-2-6(12)11(3-5)4-7(8,9)10/h3,6,12H,2,4H2,1H3. The lowest BCUT2D eigenvalue weighted by Crippen LogP contribution is -2.35. The fraction of sp³-hybridized carbons (Fsp3) is 0.714. The van der Waals surface area contributed by atoms with Gasteiger partial charge in [-0.3, -0.25) is 0 Å². The third kappa shape index (κ3) is 2.41. The number of alkyl halides is 3. The minimum Gasteiger partial charge on any atom is -0.373 e. The fourth-order valence-electron chi connectivity index (χ4n) is 1.19. The zero-order valence-corrected chi connectivity index (χ0v) is 6.60. The predicted octanol–water partition coefficient (Wildman–Crippen LogP) is 1.48. The van der Waals surface area contributed by atoms with E-state index in [0.29, 0.717) is 6.42 Å². The van der Waals surface area contributed by atoms with Crippen molar-refractivity contribution in [2.45, 2.75) is 25.7 Å². The molecule has 0 amide bonds. The molecule has 0 aromatic rings. The number of aliphatic hydroxyl groups excluding tert-OH is 1. The van der Waals surface area contributed by atoms with E-state index in [1.54, 1.807) is 6.92 Å². The van der Waals surface area contributed by atoms with Crippen LogP contribution in [0, 0.1) is 0 Å². The molecule has 0 spiro atoms. The number of aliphatic hydroxyl groups is 1. The molecule has 0 aliphatic carbocycles. The normalized spacial score (nSPS) is 24.6. The summed E-state index contributed by atoms with van der Waals surface area (Å²) >= 11 is 0. The Kier molecular flexibility index (Phi) is 2.32. The van der Waals surface area contributed by atoms with Gasteiger partial charge in [0.05, 0.1) is 0 Å². The molecule has 0 aromatic heterocycles. The van der Waals surface area contributed by atoms with Crippen molar-refractivity contribution in [1.29, 1.82) is 0 Å². The van der Waals surface area contributed by atoms with Gasteiger partial charge in [-0.25, -0.2) is 0 Å². The highest BCUT2D eigenvalue weighted by molar-refractivity contribution is 5.06. The number of halogens is 3. The second-order valence-electron chi connectivity index (χ2n) is 2.95. The quantitative estimate of drug-likeness (QED) is 0.662. The zero-order chi connectivity index (χ0) is 9.35. The summed E-state index contributed by atoms with van der Waals surface area (Å²) in [7, 11) is 0. The van der Waals surface area contributed by atoms with Crippen LogP contribution in [-0.2, 0) is 0 Å². The molecule has 1 aliphatic rings. The fourth-order valence-corrected chi connectivity index (χ4v) is 1.19. The van der Waals surface area contributed by atoms with Crippen LogP contribution < -0.4 is 0 Å². The van der Waals surface area contributed by atoms with Crippen molar-refractivity contribution < 1.29 is 18.3 Å². The molecular weight excluding hydrogens is 171 g/mol. The molecule has 0 saturated heterocycles. The van der Waals surface area contributed by atoms with E-state index >= 15 is 0 Å². The van der Waals surface area contributed by atoms with Gasteiger partial charge in [0, 0.05) is 12.6 Å². The van der Waals surface area contributed by atoms with Gasteiger partial charge in [-0.2, -0.15) is 13.2 Å². The first-order valence-corrected chi connectivity index (χ1v) is 3.56. The summed E-state index contributed by atoms with van der Waals surface area (Å²) < 4.78 is 35.5. The molecule has 1 aliphatic heterocycles. The smallest absolute Gasteiger partial charge is 0.373 e. The summed E-state index contributed by atoms with van der Waals surface area (Å²) in [5.74, 6) is 0. The van der Waals surface area contributed by atoms with Crippen molar-refractivity contribution >= 4 is 0 Å². The van der Waals surface area contributed by atoms with Crippen LogP contribution in [0.3, 0.4) is 0 Å². The van der Waals surface area contributed by atoms with Gasteiger partial charge in [0.1, 0.15) is 12.8 Å². The summed E-state index contributed by atoms with van der Waals surface area (Å²) in [6, 6.07) is 0. The van der Waals surface area contributed by atoms with Gasteiger partial charge >= 0.3 is 6.18 Å². The third-order valence-electron chi connectivity index (χ3n) is 1.64. The molecular formula is C7H10F3NO. The van der Waals surface area contributed by atoms with Crippen molar-refractivity contribution in [3.63, 3.8) is 0 Å². The van der Waals surface area contributed by atoms with Crippen molar-refractivity contribution in [3.8, 4) is 0 Å². The second-order valence-corrected chi connectivity index (χ2v) is 2.95. The molecule has 1 unspecified atom stereocenters. The molecule has 1 N–H and O–H groups in total. The molecule has 0 aromatic carbocycles. The van der Waals surface area contributed by atoms with Crippen LogP contribution in [0.2, 0.25) is 0 Å². The van der Waals surface area contributed by atoms with Crippen molar-refractivity contribution in [2.24, 2.45) is 0 Å². The Balaban J connectivity index is 2.53. The van der Waals surface area contributed by atoms with E-state index in [-0.39, 0.29) is 0 Å². The maximum atomic E-state index is 11.8. The molecule has 70 valence electrons. The lowest BCUT2D eigenvalue weighted by Gasteiger charge is -2.21. The monoisotopic (exact) mass is 181 g/mol. The van der Waals surface area contributed by atoms with Gasteiger partial charge in [0.25, 0.3) is 0 Å². The molecule has 0 radical (unpaired) electrons. The number of hydrogen-bond acceptors (Lipinski definition) is 2. The maximum Gasteiger partial charge on any atom is 0.405 e. The van der Waals surface area contributed by atoms with Crippen LogP contribution in [0.15, 0.2) is 11.8 Å². The van der Waals surface area contributed by atoms with Gasteiger partial charge in [-0.05, 0) is 6.92 Å². The van der Waals surface area contributed by atoms with Gasteiger partial charge in [0.15, 0.2) is 0 Å². The highest BCUT2D eigenvalue weighted by Crippen LogP contribution is 2.24. The molecule has 1 atom stereocenters. The van der Waals surface area contributed by atoms with Crippen LogP contribution >= 0.6 is 0 Å². The molecule has 0 fully saturated rings. The lowest BCUT2D eigenvalue weighted by atomic mass is 10.3. The zero-order valence-electron chi connectivity index (χ0n) is 6.60. The van der Waals surface area contributed by atoms with E-state index in [9.17, 15) is 13.2 Å². The van der Waals surface area contributed by atoms with Gasteiger partial charge < -0.3 is 10.0 Å². The largest absolute Gasteiger partial charge is 0.405 e. The molecule has 5 heteroatoms.